The molecular weight excluding hydrogens is 234 g/mol. The molecule has 2 aliphatic heterocycles. The molecule has 2 heterocycles. The first-order valence-corrected chi connectivity index (χ1v) is 7.24. The summed E-state index contributed by atoms with van der Waals surface area (Å²) >= 11 is 0. The van der Waals surface area contributed by atoms with Crippen molar-refractivity contribution in [3.05, 3.63) is 42.5 Å². The van der Waals surface area contributed by atoms with E-state index in [9.17, 15) is 0 Å². The maximum absolute atomic E-state index is 3.81. The fourth-order valence-corrected chi connectivity index (χ4v) is 3.27. The van der Waals surface area contributed by atoms with Crippen molar-refractivity contribution in [2.75, 3.05) is 25.0 Å². The van der Waals surface area contributed by atoms with Crippen LogP contribution in [0.15, 0.2) is 42.5 Å². The molecule has 1 fully saturated rings. The summed E-state index contributed by atoms with van der Waals surface area (Å²) < 4.78 is 0. The summed E-state index contributed by atoms with van der Waals surface area (Å²) in [6.45, 7) is 5.39. The SMILES string of the molecule is C[C@@H]1C=C[C@@H]2CNCC[C@@]2(CNc2ccccc2)N1. The van der Waals surface area contributed by atoms with Crippen LogP contribution in [0.1, 0.15) is 13.3 Å². The quantitative estimate of drug-likeness (QED) is 0.725. The van der Waals surface area contributed by atoms with Gasteiger partial charge in [0, 0.05) is 36.3 Å². The molecule has 0 aliphatic carbocycles. The molecule has 1 saturated heterocycles. The second kappa shape index (κ2) is 5.35. The van der Waals surface area contributed by atoms with Crippen molar-refractivity contribution in [1.29, 1.82) is 0 Å². The average Bonchev–Trinajstić information content (AvgIpc) is 2.46. The van der Waals surface area contributed by atoms with E-state index in [1.54, 1.807) is 0 Å². The van der Waals surface area contributed by atoms with Crippen LogP contribution >= 0.6 is 0 Å². The van der Waals surface area contributed by atoms with Gasteiger partial charge in [0.25, 0.3) is 0 Å². The highest BCUT2D eigenvalue weighted by Gasteiger charge is 2.41. The van der Waals surface area contributed by atoms with E-state index in [1.807, 2.05) is 0 Å². The van der Waals surface area contributed by atoms with Gasteiger partial charge in [0.1, 0.15) is 0 Å². The van der Waals surface area contributed by atoms with Crippen LogP contribution in [0.4, 0.5) is 5.69 Å². The molecule has 3 rings (SSSR count). The largest absolute Gasteiger partial charge is 0.383 e. The van der Waals surface area contributed by atoms with Crippen molar-refractivity contribution in [1.82, 2.24) is 10.6 Å². The van der Waals surface area contributed by atoms with E-state index in [0.717, 1.165) is 19.6 Å². The number of piperidine rings is 1. The fraction of sp³-hybridized carbons (Fsp3) is 0.500. The zero-order valence-electron chi connectivity index (χ0n) is 11.5. The zero-order chi connectivity index (χ0) is 13.1. The highest BCUT2D eigenvalue weighted by Crippen LogP contribution is 2.30. The monoisotopic (exact) mass is 257 g/mol. The van der Waals surface area contributed by atoms with Gasteiger partial charge in [-0.25, -0.2) is 0 Å². The summed E-state index contributed by atoms with van der Waals surface area (Å²) in [7, 11) is 0. The number of hydrogen-bond acceptors (Lipinski definition) is 3. The summed E-state index contributed by atoms with van der Waals surface area (Å²) in [6, 6.07) is 10.9. The van der Waals surface area contributed by atoms with Gasteiger partial charge in [-0.3, -0.25) is 0 Å². The van der Waals surface area contributed by atoms with Gasteiger partial charge in [-0.15, -0.1) is 0 Å². The molecule has 102 valence electrons. The van der Waals surface area contributed by atoms with E-state index in [0.29, 0.717) is 12.0 Å². The molecule has 1 aromatic rings. The second-order valence-corrected chi connectivity index (χ2v) is 5.75. The number of benzene rings is 1. The van der Waals surface area contributed by atoms with Crippen molar-refractivity contribution in [3.63, 3.8) is 0 Å². The van der Waals surface area contributed by atoms with Gasteiger partial charge >= 0.3 is 0 Å². The van der Waals surface area contributed by atoms with Crippen molar-refractivity contribution in [2.24, 2.45) is 5.92 Å². The van der Waals surface area contributed by atoms with Crippen LogP contribution in [0, 0.1) is 5.92 Å². The Balaban J connectivity index is 1.74. The summed E-state index contributed by atoms with van der Waals surface area (Å²) in [5.74, 6) is 0.577. The Bertz CT molecular complexity index is 443. The predicted octanol–water partition coefficient (Wildman–Crippen LogP) is 1.99. The van der Waals surface area contributed by atoms with Crippen LogP contribution in [0.3, 0.4) is 0 Å². The van der Waals surface area contributed by atoms with Crippen LogP contribution in [0.2, 0.25) is 0 Å². The van der Waals surface area contributed by atoms with E-state index in [4.69, 9.17) is 0 Å². The topological polar surface area (TPSA) is 36.1 Å². The third kappa shape index (κ3) is 2.67. The number of rotatable bonds is 3. The van der Waals surface area contributed by atoms with Crippen molar-refractivity contribution in [3.8, 4) is 0 Å². The van der Waals surface area contributed by atoms with Gasteiger partial charge in [0.15, 0.2) is 0 Å². The minimum Gasteiger partial charge on any atom is -0.383 e. The Kier molecular flexibility index (Phi) is 3.58. The molecule has 3 heteroatoms. The van der Waals surface area contributed by atoms with Gasteiger partial charge in [-0.05, 0) is 32.0 Å². The van der Waals surface area contributed by atoms with Crippen LogP contribution in [-0.2, 0) is 0 Å². The van der Waals surface area contributed by atoms with Crippen molar-refractivity contribution < 1.29 is 0 Å². The first kappa shape index (κ1) is 12.7. The number of para-hydroxylation sites is 1. The van der Waals surface area contributed by atoms with E-state index in [1.165, 1.54) is 12.1 Å². The van der Waals surface area contributed by atoms with Gasteiger partial charge < -0.3 is 16.0 Å². The number of fused-ring (bicyclic) bond motifs is 1. The molecule has 2 aliphatic rings. The summed E-state index contributed by atoms with van der Waals surface area (Å²) in [4.78, 5) is 0. The first-order chi connectivity index (χ1) is 9.28. The van der Waals surface area contributed by atoms with Crippen LogP contribution < -0.4 is 16.0 Å². The number of anilines is 1. The Morgan fingerprint density at radius 2 is 2.11 bits per heavy atom. The molecule has 0 bridgehead atoms. The molecule has 3 nitrogen and oxygen atoms in total. The standard InChI is InChI=1S/C16H23N3/c1-13-7-8-14-11-17-10-9-16(14,19-13)12-18-15-5-3-2-4-6-15/h2-8,13-14,17-19H,9-12H2,1H3/t13-,14-,16+/m1/s1. The Morgan fingerprint density at radius 1 is 1.26 bits per heavy atom. The van der Waals surface area contributed by atoms with Crippen molar-refractivity contribution >= 4 is 5.69 Å². The third-order valence-corrected chi connectivity index (χ3v) is 4.35. The van der Waals surface area contributed by atoms with Gasteiger partial charge in [-0.2, -0.15) is 0 Å². The van der Waals surface area contributed by atoms with Gasteiger partial charge in [0.2, 0.25) is 0 Å². The van der Waals surface area contributed by atoms with Crippen molar-refractivity contribution in [2.45, 2.75) is 24.9 Å². The fourth-order valence-electron chi connectivity index (χ4n) is 3.27. The van der Waals surface area contributed by atoms with Crippen LogP contribution in [0.5, 0.6) is 0 Å². The van der Waals surface area contributed by atoms with Crippen LogP contribution in [-0.4, -0.2) is 31.2 Å². The average molecular weight is 257 g/mol. The molecular formula is C16H23N3. The van der Waals surface area contributed by atoms with E-state index in [2.05, 4.69) is 65.4 Å². The molecule has 0 saturated carbocycles. The molecule has 0 aromatic heterocycles. The Labute approximate surface area is 115 Å². The third-order valence-electron chi connectivity index (χ3n) is 4.35. The molecule has 0 unspecified atom stereocenters. The summed E-state index contributed by atoms with van der Waals surface area (Å²) in [6.07, 6.45) is 5.85. The lowest BCUT2D eigenvalue weighted by molar-refractivity contribution is 0.181. The molecule has 0 spiro atoms. The lowest BCUT2D eigenvalue weighted by Gasteiger charge is -2.48. The van der Waals surface area contributed by atoms with E-state index in [-0.39, 0.29) is 5.54 Å². The normalized spacial score (nSPS) is 33.7. The van der Waals surface area contributed by atoms with E-state index < -0.39 is 0 Å². The minimum atomic E-state index is 0.190. The van der Waals surface area contributed by atoms with Crippen LogP contribution in [0.25, 0.3) is 0 Å². The summed E-state index contributed by atoms with van der Waals surface area (Å²) in [5, 5.41) is 10.9. The van der Waals surface area contributed by atoms with E-state index >= 15 is 0 Å². The second-order valence-electron chi connectivity index (χ2n) is 5.75. The lowest BCUT2D eigenvalue weighted by atomic mass is 9.75. The zero-order valence-corrected chi connectivity index (χ0v) is 11.5. The highest BCUT2D eigenvalue weighted by molar-refractivity contribution is 5.43. The number of hydrogen-bond donors (Lipinski definition) is 3. The van der Waals surface area contributed by atoms with Gasteiger partial charge in [-0.1, -0.05) is 30.4 Å². The maximum Gasteiger partial charge on any atom is 0.0446 e. The molecule has 0 radical (unpaired) electrons. The predicted molar refractivity (Wildman–Crippen MR) is 80.4 cm³/mol. The Morgan fingerprint density at radius 3 is 2.95 bits per heavy atom. The number of nitrogens with one attached hydrogen (secondary N) is 3. The van der Waals surface area contributed by atoms with Gasteiger partial charge in [0.05, 0.1) is 0 Å². The maximum atomic E-state index is 3.81. The summed E-state index contributed by atoms with van der Waals surface area (Å²) in [5.41, 5.74) is 1.40. The Hall–Kier alpha value is -1.32. The molecule has 0 amide bonds. The smallest absolute Gasteiger partial charge is 0.0446 e. The minimum absolute atomic E-state index is 0.190. The molecule has 19 heavy (non-hydrogen) atoms. The molecule has 1 aromatic carbocycles. The first-order valence-electron chi connectivity index (χ1n) is 7.24. The lowest BCUT2D eigenvalue weighted by Crippen LogP contribution is -2.65. The highest BCUT2D eigenvalue weighted by atomic mass is 15.1. The molecule has 3 N–H and O–H groups in total. The molecule has 3 atom stereocenters.